The molecule has 0 aromatic heterocycles. The van der Waals surface area contributed by atoms with E-state index in [1.165, 1.54) is 31.4 Å². The second-order valence-electron chi connectivity index (χ2n) is 5.84. The second-order valence-corrected chi connectivity index (χ2v) is 7.52. The van der Waals surface area contributed by atoms with Gasteiger partial charge in [0.15, 0.2) is 0 Å². The first-order valence-electron chi connectivity index (χ1n) is 8.21. The van der Waals surface area contributed by atoms with Crippen LogP contribution < -0.4 is 14.8 Å². The Morgan fingerprint density at radius 1 is 0.852 bits per heavy atom. The van der Waals surface area contributed by atoms with E-state index in [-0.39, 0.29) is 10.7 Å². The average Bonchev–Trinajstić information content (AvgIpc) is 2.68. The molecule has 140 valence electrons. The van der Waals surface area contributed by atoms with Gasteiger partial charge in [0.1, 0.15) is 11.6 Å². The minimum absolute atomic E-state index is 0.154. The number of halogens is 1. The minimum atomic E-state index is -3.67. The summed E-state index contributed by atoms with van der Waals surface area (Å²) in [6, 6.07) is 19.3. The molecule has 0 unspecified atom stereocenters. The molecular weight excluding hydrogens is 367 g/mol. The van der Waals surface area contributed by atoms with Crippen molar-refractivity contribution in [2.75, 3.05) is 17.1 Å². The van der Waals surface area contributed by atoms with Crippen LogP contribution in [0.4, 0.5) is 15.8 Å². The summed E-state index contributed by atoms with van der Waals surface area (Å²) in [7, 11) is -2.15. The van der Waals surface area contributed by atoms with Crippen LogP contribution >= 0.6 is 0 Å². The SMILES string of the molecule is COc1ccc(S(=O)(=O)Nc2ccc(NCc3ccc(F)cc3)cc2)cc1. The van der Waals surface area contributed by atoms with Gasteiger partial charge in [-0.3, -0.25) is 4.72 Å². The number of methoxy groups -OCH3 is 1. The lowest BCUT2D eigenvalue weighted by Crippen LogP contribution is -2.12. The van der Waals surface area contributed by atoms with E-state index < -0.39 is 10.0 Å². The molecular formula is C20H19FN2O3S. The quantitative estimate of drug-likeness (QED) is 0.637. The fourth-order valence-corrected chi connectivity index (χ4v) is 3.49. The maximum Gasteiger partial charge on any atom is 0.261 e. The summed E-state index contributed by atoms with van der Waals surface area (Å²) in [5.41, 5.74) is 2.23. The van der Waals surface area contributed by atoms with Crippen LogP contribution in [0.5, 0.6) is 5.75 Å². The largest absolute Gasteiger partial charge is 0.497 e. The highest BCUT2D eigenvalue weighted by atomic mass is 32.2. The number of hydrogen-bond acceptors (Lipinski definition) is 4. The van der Waals surface area contributed by atoms with Crippen molar-refractivity contribution in [1.29, 1.82) is 0 Å². The Hall–Kier alpha value is -3.06. The monoisotopic (exact) mass is 386 g/mol. The molecule has 0 fully saturated rings. The molecule has 3 aromatic rings. The standard InChI is InChI=1S/C20H19FN2O3S/c1-26-19-10-12-20(13-11-19)27(24,25)23-18-8-6-17(7-9-18)22-14-15-2-4-16(21)5-3-15/h2-13,22-23H,14H2,1H3. The number of rotatable bonds is 7. The highest BCUT2D eigenvalue weighted by Crippen LogP contribution is 2.20. The van der Waals surface area contributed by atoms with E-state index in [1.807, 2.05) is 0 Å². The topological polar surface area (TPSA) is 67.4 Å². The second kappa shape index (κ2) is 8.09. The fraction of sp³-hybridized carbons (Fsp3) is 0.100. The van der Waals surface area contributed by atoms with Crippen LogP contribution in [0.15, 0.2) is 77.7 Å². The predicted molar refractivity (Wildman–Crippen MR) is 104 cm³/mol. The molecule has 5 nitrogen and oxygen atoms in total. The van der Waals surface area contributed by atoms with Gasteiger partial charge in [-0.05, 0) is 66.2 Å². The summed E-state index contributed by atoms with van der Waals surface area (Å²) in [4.78, 5) is 0.154. The molecule has 0 aliphatic rings. The van der Waals surface area contributed by atoms with Crippen LogP contribution in [0, 0.1) is 5.82 Å². The van der Waals surface area contributed by atoms with Gasteiger partial charge in [-0.1, -0.05) is 12.1 Å². The number of nitrogens with one attached hydrogen (secondary N) is 2. The molecule has 0 bridgehead atoms. The average molecular weight is 386 g/mol. The summed E-state index contributed by atoms with van der Waals surface area (Å²) in [5, 5.41) is 3.20. The molecule has 0 saturated carbocycles. The van der Waals surface area contributed by atoms with E-state index >= 15 is 0 Å². The molecule has 27 heavy (non-hydrogen) atoms. The van der Waals surface area contributed by atoms with E-state index in [0.29, 0.717) is 18.0 Å². The van der Waals surface area contributed by atoms with Crippen LogP contribution in [0.25, 0.3) is 0 Å². The van der Waals surface area contributed by atoms with Crippen molar-refractivity contribution in [3.05, 3.63) is 84.2 Å². The van der Waals surface area contributed by atoms with Crippen molar-refractivity contribution < 1.29 is 17.5 Å². The Balaban J connectivity index is 1.63. The van der Waals surface area contributed by atoms with Gasteiger partial charge in [0, 0.05) is 17.9 Å². The molecule has 3 rings (SSSR count). The van der Waals surface area contributed by atoms with Crippen molar-refractivity contribution in [3.8, 4) is 5.75 Å². The molecule has 0 amide bonds. The van der Waals surface area contributed by atoms with Gasteiger partial charge >= 0.3 is 0 Å². The summed E-state index contributed by atoms with van der Waals surface area (Å²) in [6.07, 6.45) is 0. The van der Waals surface area contributed by atoms with Crippen LogP contribution in [0.2, 0.25) is 0 Å². The Bertz CT molecular complexity index is 987. The number of ether oxygens (including phenoxy) is 1. The Labute approximate surface area is 157 Å². The molecule has 0 aliphatic carbocycles. The first kappa shape index (κ1) is 18.7. The highest BCUT2D eigenvalue weighted by Gasteiger charge is 2.14. The van der Waals surface area contributed by atoms with Crippen LogP contribution in [-0.4, -0.2) is 15.5 Å². The van der Waals surface area contributed by atoms with Crippen molar-refractivity contribution in [2.45, 2.75) is 11.4 Å². The van der Waals surface area contributed by atoms with Gasteiger partial charge in [-0.2, -0.15) is 0 Å². The molecule has 0 spiro atoms. The lowest BCUT2D eigenvalue weighted by molar-refractivity contribution is 0.414. The molecule has 0 radical (unpaired) electrons. The zero-order valence-electron chi connectivity index (χ0n) is 14.6. The van der Waals surface area contributed by atoms with Gasteiger partial charge in [0.05, 0.1) is 12.0 Å². The summed E-state index contributed by atoms with van der Waals surface area (Å²) >= 11 is 0. The van der Waals surface area contributed by atoms with Gasteiger partial charge in [0.25, 0.3) is 10.0 Å². The van der Waals surface area contributed by atoms with Crippen molar-refractivity contribution in [2.24, 2.45) is 0 Å². The van der Waals surface area contributed by atoms with E-state index in [1.54, 1.807) is 48.5 Å². The molecule has 0 aliphatic heterocycles. The van der Waals surface area contributed by atoms with Crippen LogP contribution in [0.3, 0.4) is 0 Å². The van der Waals surface area contributed by atoms with Gasteiger partial charge in [0.2, 0.25) is 0 Å². The molecule has 3 aromatic carbocycles. The lowest BCUT2D eigenvalue weighted by Gasteiger charge is -2.10. The summed E-state index contributed by atoms with van der Waals surface area (Å²) in [6.45, 7) is 0.539. The smallest absolute Gasteiger partial charge is 0.261 e. The van der Waals surface area contributed by atoms with Gasteiger partial charge in [-0.15, -0.1) is 0 Å². The fourth-order valence-electron chi connectivity index (χ4n) is 2.43. The third-order valence-electron chi connectivity index (χ3n) is 3.92. The van der Waals surface area contributed by atoms with Gasteiger partial charge < -0.3 is 10.1 Å². The van der Waals surface area contributed by atoms with Crippen molar-refractivity contribution in [1.82, 2.24) is 0 Å². The number of benzene rings is 3. The Morgan fingerprint density at radius 3 is 2.04 bits per heavy atom. The first-order chi connectivity index (χ1) is 13.0. The normalized spacial score (nSPS) is 11.0. The maximum absolute atomic E-state index is 12.9. The van der Waals surface area contributed by atoms with Crippen molar-refractivity contribution in [3.63, 3.8) is 0 Å². The number of anilines is 2. The van der Waals surface area contributed by atoms with E-state index in [0.717, 1.165) is 11.3 Å². The maximum atomic E-state index is 12.9. The van der Waals surface area contributed by atoms with Crippen LogP contribution in [-0.2, 0) is 16.6 Å². The Morgan fingerprint density at radius 2 is 1.44 bits per heavy atom. The number of hydrogen-bond donors (Lipinski definition) is 2. The minimum Gasteiger partial charge on any atom is -0.497 e. The Kier molecular flexibility index (Phi) is 5.61. The van der Waals surface area contributed by atoms with Crippen molar-refractivity contribution >= 4 is 21.4 Å². The highest BCUT2D eigenvalue weighted by molar-refractivity contribution is 7.92. The molecule has 2 N–H and O–H groups in total. The molecule has 0 saturated heterocycles. The molecule has 7 heteroatoms. The third kappa shape index (κ3) is 4.98. The van der Waals surface area contributed by atoms with E-state index in [9.17, 15) is 12.8 Å². The zero-order chi connectivity index (χ0) is 19.3. The van der Waals surface area contributed by atoms with E-state index in [2.05, 4.69) is 10.0 Å². The lowest BCUT2D eigenvalue weighted by atomic mass is 10.2. The zero-order valence-corrected chi connectivity index (χ0v) is 15.5. The molecule has 0 atom stereocenters. The van der Waals surface area contributed by atoms with Crippen LogP contribution in [0.1, 0.15) is 5.56 Å². The third-order valence-corrected chi connectivity index (χ3v) is 5.31. The number of sulfonamides is 1. The van der Waals surface area contributed by atoms with Gasteiger partial charge in [-0.25, -0.2) is 12.8 Å². The molecule has 0 heterocycles. The van der Waals surface area contributed by atoms with E-state index in [4.69, 9.17) is 4.74 Å². The summed E-state index contributed by atoms with van der Waals surface area (Å²) < 4.78 is 45.3. The summed E-state index contributed by atoms with van der Waals surface area (Å²) in [5.74, 6) is 0.317. The predicted octanol–water partition coefficient (Wildman–Crippen LogP) is 4.25. The first-order valence-corrected chi connectivity index (χ1v) is 9.70.